The van der Waals surface area contributed by atoms with E-state index in [2.05, 4.69) is 15.2 Å². The average molecular weight is 296 g/mol. The number of carbonyl (C=O) groups excluding carboxylic acids is 1. The number of rotatable bonds is 4. The number of aromatic nitrogens is 1. The maximum atomic E-state index is 12.0. The Morgan fingerprint density at radius 2 is 2.05 bits per heavy atom. The molecule has 5 heteroatoms. The Morgan fingerprint density at radius 3 is 2.70 bits per heavy atom. The van der Waals surface area contributed by atoms with Crippen molar-refractivity contribution >= 4 is 17.5 Å². The molecule has 1 aromatic rings. The minimum atomic E-state index is -0.141. The van der Waals surface area contributed by atoms with Gasteiger partial charge in [0.15, 0.2) is 0 Å². The van der Waals surface area contributed by atoms with Gasteiger partial charge in [0.25, 0.3) is 5.91 Å². The highest BCUT2D eigenvalue weighted by Gasteiger charge is 2.12. The number of pyridine rings is 1. The van der Waals surface area contributed by atoms with E-state index in [-0.39, 0.29) is 5.91 Å². The second-order valence-electron chi connectivity index (χ2n) is 5.32. The van der Waals surface area contributed by atoms with Gasteiger partial charge >= 0.3 is 0 Å². The number of carbonyl (C=O) groups is 1. The minimum absolute atomic E-state index is 0.141. The van der Waals surface area contributed by atoms with Crippen LogP contribution in [0.1, 0.15) is 41.7 Å². The number of likely N-dealkylation sites (tertiary alicyclic amines) is 1. The van der Waals surface area contributed by atoms with Crippen LogP contribution in [0, 0.1) is 6.92 Å². The summed E-state index contributed by atoms with van der Waals surface area (Å²) in [6.45, 7) is 5.70. The first-order valence-corrected chi connectivity index (χ1v) is 7.67. The number of hydrogen-bond donors (Lipinski definition) is 1. The molecule has 110 valence electrons. The topological polar surface area (TPSA) is 45.2 Å². The van der Waals surface area contributed by atoms with Crippen molar-refractivity contribution in [2.75, 3.05) is 26.2 Å². The van der Waals surface area contributed by atoms with Gasteiger partial charge in [-0.2, -0.15) is 0 Å². The Bertz CT molecular complexity index is 456. The molecule has 0 aliphatic carbocycles. The number of hydrogen-bond acceptors (Lipinski definition) is 3. The normalized spacial score (nSPS) is 16.7. The summed E-state index contributed by atoms with van der Waals surface area (Å²) >= 11 is 6.06. The fourth-order valence-electron chi connectivity index (χ4n) is 2.48. The summed E-state index contributed by atoms with van der Waals surface area (Å²) < 4.78 is 0. The monoisotopic (exact) mass is 295 g/mol. The van der Waals surface area contributed by atoms with Crippen LogP contribution >= 0.6 is 11.6 Å². The third-order valence-corrected chi connectivity index (χ3v) is 3.96. The van der Waals surface area contributed by atoms with Crippen LogP contribution in [0.2, 0.25) is 5.02 Å². The standard InChI is InChI=1S/C15H22ClN3O/c1-12-10-14(16)13(11-18-12)15(20)17-6-9-19-7-4-2-3-5-8-19/h10-11H,2-9H2,1H3,(H,17,20). The van der Waals surface area contributed by atoms with Crippen LogP contribution in [-0.4, -0.2) is 42.0 Å². The Hall–Kier alpha value is -1.13. The Balaban J connectivity index is 1.79. The molecule has 0 saturated carbocycles. The van der Waals surface area contributed by atoms with Gasteiger partial charge in [-0.15, -0.1) is 0 Å². The molecule has 0 unspecified atom stereocenters. The third kappa shape index (κ3) is 4.46. The summed E-state index contributed by atoms with van der Waals surface area (Å²) in [5.74, 6) is -0.141. The lowest BCUT2D eigenvalue weighted by Gasteiger charge is -2.19. The molecule has 0 aromatic carbocycles. The maximum Gasteiger partial charge on any atom is 0.254 e. The fraction of sp³-hybridized carbons (Fsp3) is 0.600. The Morgan fingerprint density at radius 1 is 1.35 bits per heavy atom. The molecule has 1 aromatic heterocycles. The van der Waals surface area contributed by atoms with Crippen molar-refractivity contribution in [3.05, 3.63) is 28.5 Å². The zero-order valence-corrected chi connectivity index (χ0v) is 12.7. The summed E-state index contributed by atoms with van der Waals surface area (Å²) in [5, 5.41) is 3.38. The predicted molar refractivity (Wildman–Crippen MR) is 81.2 cm³/mol. The molecule has 20 heavy (non-hydrogen) atoms. The Kier molecular flexibility index (Phi) is 5.80. The highest BCUT2D eigenvalue weighted by molar-refractivity contribution is 6.33. The number of amides is 1. The minimum Gasteiger partial charge on any atom is -0.351 e. The molecule has 1 aliphatic rings. The first kappa shape index (κ1) is 15.3. The molecule has 0 spiro atoms. The van der Waals surface area contributed by atoms with Gasteiger partial charge in [-0.3, -0.25) is 9.78 Å². The fourth-order valence-corrected chi connectivity index (χ4v) is 2.77. The molecule has 1 saturated heterocycles. The van der Waals surface area contributed by atoms with Crippen molar-refractivity contribution in [1.82, 2.24) is 15.2 Å². The molecular weight excluding hydrogens is 274 g/mol. The summed E-state index contributed by atoms with van der Waals surface area (Å²) in [6.07, 6.45) is 6.73. The van der Waals surface area contributed by atoms with Gasteiger partial charge in [0, 0.05) is 25.0 Å². The molecule has 1 fully saturated rings. The molecule has 1 aliphatic heterocycles. The lowest BCUT2D eigenvalue weighted by atomic mass is 10.2. The van der Waals surface area contributed by atoms with Crippen molar-refractivity contribution in [2.24, 2.45) is 0 Å². The zero-order chi connectivity index (χ0) is 14.4. The predicted octanol–water partition coefficient (Wildman–Crippen LogP) is 2.65. The first-order valence-electron chi connectivity index (χ1n) is 7.29. The molecule has 0 bridgehead atoms. The van der Waals surface area contributed by atoms with Gasteiger partial charge < -0.3 is 10.2 Å². The smallest absolute Gasteiger partial charge is 0.254 e. The summed E-state index contributed by atoms with van der Waals surface area (Å²) in [6, 6.07) is 1.71. The molecule has 2 rings (SSSR count). The van der Waals surface area contributed by atoms with Crippen molar-refractivity contribution in [3.8, 4) is 0 Å². The van der Waals surface area contributed by atoms with Crippen LogP contribution in [0.5, 0.6) is 0 Å². The van der Waals surface area contributed by atoms with E-state index in [1.165, 1.54) is 25.7 Å². The van der Waals surface area contributed by atoms with Crippen molar-refractivity contribution < 1.29 is 4.79 Å². The molecule has 0 atom stereocenters. The first-order chi connectivity index (χ1) is 9.66. The molecule has 0 radical (unpaired) electrons. The largest absolute Gasteiger partial charge is 0.351 e. The van der Waals surface area contributed by atoms with E-state index >= 15 is 0 Å². The van der Waals surface area contributed by atoms with Crippen LogP contribution in [0.4, 0.5) is 0 Å². The second kappa shape index (κ2) is 7.60. The molecule has 2 heterocycles. The van der Waals surface area contributed by atoms with E-state index in [9.17, 15) is 4.79 Å². The van der Waals surface area contributed by atoms with Crippen molar-refractivity contribution in [2.45, 2.75) is 32.6 Å². The lowest BCUT2D eigenvalue weighted by molar-refractivity contribution is 0.0948. The SMILES string of the molecule is Cc1cc(Cl)c(C(=O)NCCN2CCCCCC2)cn1. The Labute approximate surface area is 125 Å². The van der Waals surface area contributed by atoms with E-state index in [0.29, 0.717) is 17.1 Å². The molecule has 1 amide bonds. The van der Waals surface area contributed by atoms with Gasteiger partial charge in [0.1, 0.15) is 0 Å². The van der Waals surface area contributed by atoms with Crippen LogP contribution in [0.3, 0.4) is 0 Å². The highest BCUT2D eigenvalue weighted by Crippen LogP contribution is 2.15. The number of aryl methyl sites for hydroxylation is 1. The van der Waals surface area contributed by atoms with E-state index in [4.69, 9.17) is 11.6 Å². The number of nitrogens with one attached hydrogen (secondary N) is 1. The van der Waals surface area contributed by atoms with E-state index < -0.39 is 0 Å². The molecular formula is C15H22ClN3O. The zero-order valence-electron chi connectivity index (χ0n) is 12.0. The third-order valence-electron chi connectivity index (χ3n) is 3.65. The van der Waals surface area contributed by atoms with E-state index in [0.717, 1.165) is 25.3 Å². The van der Waals surface area contributed by atoms with E-state index in [1.54, 1.807) is 12.3 Å². The summed E-state index contributed by atoms with van der Waals surface area (Å²) in [4.78, 5) is 18.6. The van der Waals surface area contributed by atoms with Gasteiger partial charge in [-0.1, -0.05) is 24.4 Å². The van der Waals surface area contributed by atoms with Crippen LogP contribution in [-0.2, 0) is 0 Å². The summed E-state index contributed by atoms with van der Waals surface area (Å²) in [7, 11) is 0. The van der Waals surface area contributed by atoms with E-state index in [1.807, 2.05) is 6.92 Å². The van der Waals surface area contributed by atoms with Crippen LogP contribution in [0.15, 0.2) is 12.3 Å². The van der Waals surface area contributed by atoms with Crippen LogP contribution in [0.25, 0.3) is 0 Å². The highest BCUT2D eigenvalue weighted by atomic mass is 35.5. The second-order valence-corrected chi connectivity index (χ2v) is 5.72. The maximum absolute atomic E-state index is 12.0. The number of halogens is 1. The molecule has 4 nitrogen and oxygen atoms in total. The van der Waals surface area contributed by atoms with Crippen LogP contribution < -0.4 is 5.32 Å². The van der Waals surface area contributed by atoms with Gasteiger partial charge in [0.05, 0.1) is 10.6 Å². The van der Waals surface area contributed by atoms with Gasteiger partial charge in [0.2, 0.25) is 0 Å². The average Bonchev–Trinajstić information content (AvgIpc) is 2.67. The number of nitrogens with zero attached hydrogens (tertiary/aromatic N) is 2. The molecule has 1 N–H and O–H groups in total. The summed E-state index contributed by atoms with van der Waals surface area (Å²) in [5.41, 5.74) is 1.27. The van der Waals surface area contributed by atoms with Crippen molar-refractivity contribution in [1.29, 1.82) is 0 Å². The van der Waals surface area contributed by atoms with Gasteiger partial charge in [-0.25, -0.2) is 0 Å². The van der Waals surface area contributed by atoms with Crippen molar-refractivity contribution in [3.63, 3.8) is 0 Å². The lowest BCUT2D eigenvalue weighted by Crippen LogP contribution is -2.35. The quantitative estimate of drug-likeness (QED) is 0.929. The van der Waals surface area contributed by atoms with Gasteiger partial charge in [-0.05, 0) is 38.9 Å².